The van der Waals surface area contributed by atoms with Gasteiger partial charge >= 0.3 is 0 Å². The molecule has 0 N–H and O–H groups in total. The highest BCUT2D eigenvalue weighted by Crippen LogP contribution is 2.39. The van der Waals surface area contributed by atoms with Crippen molar-refractivity contribution < 1.29 is 9.18 Å². The van der Waals surface area contributed by atoms with E-state index in [-0.39, 0.29) is 11.7 Å². The van der Waals surface area contributed by atoms with E-state index in [4.69, 9.17) is 0 Å². The Balaban J connectivity index is 0. The van der Waals surface area contributed by atoms with Gasteiger partial charge in [0, 0.05) is 16.9 Å². The van der Waals surface area contributed by atoms with Gasteiger partial charge in [-0.15, -0.1) is 17.9 Å². The first kappa shape index (κ1) is 36.6. The van der Waals surface area contributed by atoms with Crippen molar-refractivity contribution in [1.29, 1.82) is 0 Å². The van der Waals surface area contributed by atoms with Crippen LogP contribution in [0, 0.1) is 12.7 Å². The quantitative estimate of drug-likeness (QED) is 0.239. The predicted octanol–water partition coefficient (Wildman–Crippen LogP) is 11.8. The standard InChI is InChI=1S/C15H15FOS.C9H10.C4H8.3C2H6/c1-10-3-4-13(14(16)7-10)12-8-15(18-9-12)11(2)5-6-17;1-2-4-8(5-3-1)9-6-7-9;1-4(2)3;3*1-2/h3-4,6-9,11H,5H2,1-2H3;1-5,9H,6-7H2;1H2,2-3H3;3*1-2H3. The third-order valence-electron chi connectivity index (χ3n) is 4.84. The van der Waals surface area contributed by atoms with Crippen molar-refractivity contribution in [3.63, 3.8) is 0 Å². The minimum atomic E-state index is -0.192. The molecule has 0 bridgehead atoms. The summed E-state index contributed by atoms with van der Waals surface area (Å²) in [6.45, 7) is 23.4. The van der Waals surface area contributed by atoms with Crippen LogP contribution < -0.4 is 0 Å². The fourth-order valence-corrected chi connectivity index (χ4v) is 3.99. The molecule has 1 heterocycles. The van der Waals surface area contributed by atoms with Crippen LogP contribution in [0.4, 0.5) is 4.39 Å². The van der Waals surface area contributed by atoms with Crippen molar-refractivity contribution in [2.75, 3.05) is 0 Å². The van der Waals surface area contributed by atoms with Gasteiger partial charge in [0.2, 0.25) is 0 Å². The lowest BCUT2D eigenvalue weighted by Crippen LogP contribution is -1.90. The second-order valence-corrected chi connectivity index (χ2v) is 9.36. The highest BCUT2D eigenvalue weighted by atomic mass is 32.1. The van der Waals surface area contributed by atoms with Crippen LogP contribution in [0.2, 0.25) is 0 Å². The first-order valence-electron chi connectivity index (χ1n) is 13.8. The summed E-state index contributed by atoms with van der Waals surface area (Å²) in [7, 11) is 0. The third-order valence-corrected chi connectivity index (χ3v) is 6.00. The molecule has 1 saturated carbocycles. The summed E-state index contributed by atoms with van der Waals surface area (Å²) < 4.78 is 13.8. The van der Waals surface area contributed by atoms with Crippen LogP contribution >= 0.6 is 11.3 Å². The van der Waals surface area contributed by atoms with Gasteiger partial charge in [-0.25, -0.2) is 4.39 Å². The molecule has 1 atom stereocenters. The zero-order chi connectivity index (χ0) is 28.8. The summed E-state index contributed by atoms with van der Waals surface area (Å²) in [6, 6.07) is 18.0. The minimum absolute atomic E-state index is 0.192. The molecule has 1 aliphatic rings. The zero-order valence-electron chi connectivity index (χ0n) is 25.0. The van der Waals surface area contributed by atoms with Crippen molar-refractivity contribution in [2.45, 2.75) is 100 Å². The van der Waals surface area contributed by atoms with Crippen molar-refractivity contribution in [3.8, 4) is 11.1 Å². The van der Waals surface area contributed by atoms with E-state index in [1.54, 1.807) is 23.5 Å². The van der Waals surface area contributed by atoms with E-state index in [1.165, 1.54) is 24.0 Å². The Morgan fingerprint density at radius 3 is 2.00 bits per heavy atom. The van der Waals surface area contributed by atoms with Crippen molar-refractivity contribution in [1.82, 2.24) is 0 Å². The first-order chi connectivity index (χ1) is 17.8. The summed E-state index contributed by atoms with van der Waals surface area (Å²) >= 11 is 1.58. The van der Waals surface area contributed by atoms with Crippen LogP contribution in [0.25, 0.3) is 11.1 Å². The Kier molecular flexibility index (Phi) is 22.4. The van der Waals surface area contributed by atoms with E-state index in [2.05, 4.69) is 36.9 Å². The van der Waals surface area contributed by atoms with Crippen LogP contribution in [0.5, 0.6) is 0 Å². The number of aldehydes is 1. The Hall–Kier alpha value is -2.52. The number of hydrogen-bond donors (Lipinski definition) is 0. The second kappa shape index (κ2) is 22.7. The van der Waals surface area contributed by atoms with Gasteiger partial charge in [-0.1, -0.05) is 96.5 Å². The first-order valence-corrected chi connectivity index (χ1v) is 14.7. The number of carbonyl (C=O) groups excluding carboxylic acids is 1. The molecule has 1 unspecified atom stereocenters. The Morgan fingerprint density at radius 1 is 1.00 bits per heavy atom. The Morgan fingerprint density at radius 2 is 1.54 bits per heavy atom. The average molecular weight is 527 g/mol. The molecule has 37 heavy (non-hydrogen) atoms. The number of rotatable bonds is 5. The molecule has 0 radical (unpaired) electrons. The summed E-state index contributed by atoms with van der Waals surface area (Å²) in [5.41, 5.74) is 5.13. The van der Waals surface area contributed by atoms with Gasteiger partial charge in [-0.05, 0) is 79.7 Å². The van der Waals surface area contributed by atoms with Crippen molar-refractivity contribution in [3.05, 3.63) is 94.0 Å². The van der Waals surface area contributed by atoms with Crippen LogP contribution in [0.3, 0.4) is 0 Å². The van der Waals surface area contributed by atoms with Crippen LogP contribution in [-0.2, 0) is 4.79 Å². The number of thiophene rings is 1. The Bertz CT molecular complexity index is 966. The highest BCUT2D eigenvalue weighted by molar-refractivity contribution is 7.10. The lowest BCUT2D eigenvalue weighted by molar-refractivity contribution is -0.108. The maximum absolute atomic E-state index is 13.8. The minimum Gasteiger partial charge on any atom is -0.303 e. The molecule has 1 aromatic heterocycles. The largest absolute Gasteiger partial charge is 0.303 e. The highest BCUT2D eigenvalue weighted by Gasteiger charge is 2.22. The molecule has 1 aliphatic carbocycles. The van der Waals surface area contributed by atoms with Crippen molar-refractivity contribution >= 4 is 17.6 Å². The molecule has 206 valence electrons. The van der Waals surface area contributed by atoms with Gasteiger partial charge in [-0.3, -0.25) is 0 Å². The molecule has 0 aliphatic heterocycles. The van der Waals surface area contributed by atoms with Gasteiger partial charge < -0.3 is 4.79 Å². The summed E-state index contributed by atoms with van der Waals surface area (Å²) in [5, 5.41) is 1.95. The van der Waals surface area contributed by atoms with E-state index in [1.807, 2.05) is 86.8 Å². The zero-order valence-corrected chi connectivity index (χ0v) is 25.8. The molecule has 3 heteroatoms. The molecule has 4 rings (SSSR count). The number of carbonyl (C=O) groups is 1. The fourth-order valence-electron chi connectivity index (χ4n) is 3.01. The molecular weight excluding hydrogens is 475 g/mol. The molecule has 0 amide bonds. The van der Waals surface area contributed by atoms with Crippen LogP contribution in [-0.4, -0.2) is 6.29 Å². The predicted molar refractivity (Wildman–Crippen MR) is 166 cm³/mol. The molecule has 3 aromatic rings. The van der Waals surface area contributed by atoms with Gasteiger partial charge in [0.25, 0.3) is 0 Å². The van der Waals surface area contributed by atoms with E-state index < -0.39 is 0 Å². The second-order valence-electron chi connectivity index (χ2n) is 8.42. The maximum Gasteiger partial charge on any atom is 0.131 e. The fraction of sp³-hybridized carbons (Fsp3) is 0.441. The van der Waals surface area contributed by atoms with E-state index in [9.17, 15) is 9.18 Å². The van der Waals surface area contributed by atoms with Gasteiger partial charge in [-0.2, -0.15) is 0 Å². The normalized spacial score (nSPS) is 11.5. The monoisotopic (exact) mass is 526 g/mol. The van der Waals surface area contributed by atoms with Gasteiger partial charge in [0.05, 0.1) is 0 Å². The van der Waals surface area contributed by atoms with E-state index in [0.29, 0.717) is 12.0 Å². The lowest BCUT2D eigenvalue weighted by atomic mass is 10.0. The lowest BCUT2D eigenvalue weighted by Gasteiger charge is -2.03. The maximum atomic E-state index is 13.8. The van der Waals surface area contributed by atoms with Gasteiger partial charge in [0.1, 0.15) is 12.1 Å². The smallest absolute Gasteiger partial charge is 0.131 e. The summed E-state index contributed by atoms with van der Waals surface area (Å²) in [5.74, 6) is 0.920. The van der Waals surface area contributed by atoms with E-state index >= 15 is 0 Å². The van der Waals surface area contributed by atoms with Crippen LogP contribution in [0.1, 0.15) is 109 Å². The van der Waals surface area contributed by atoms with Gasteiger partial charge in [0.15, 0.2) is 0 Å². The Labute approximate surface area is 231 Å². The number of allylic oxidation sites excluding steroid dienone is 1. The topological polar surface area (TPSA) is 17.1 Å². The summed E-state index contributed by atoms with van der Waals surface area (Å²) in [4.78, 5) is 11.6. The average Bonchev–Trinajstić information content (AvgIpc) is 3.65. The number of aryl methyl sites for hydroxylation is 1. The molecule has 1 fully saturated rings. The van der Waals surface area contributed by atoms with Crippen molar-refractivity contribution in [2.24, 2.45) is 0 Å². The SMILES string of the molecule is C=C(C)C.CC.CC.CC.Cc1ccc(-c2csc(C(C)CC=O)c2)c(F)c1.c1ccc(C2CC2)cc1. The van der Waals surface area contributed by atoms with E-state index in [0.717, 1.165) is 28.2 Å². The number of hydrogen-bond acceptors (Lipinski definition) is 2. The summed E-state index contributed by atoms with van der Waals surface area (Å²) in [6.07, 6.45) is 4.25. The number of benzene rings is 2. The molecular formula is C34H51FOS. The number of halogens is 1. The molecule has 0 saturated heterocycles. The van der Waals surface area contributed by atoms with Crippen LogP contribution in [0.15, 0.2) is 72.1 Å². The molecule has 1 nitrogen and oxygen atoms in total. The molecule has 2 aromatic carbocycles. The molecule has 0 spiro atoms. The third kappa shape index (κ3) is 16.0.